The maximum absolute atomic E-state index is 11.9. The van der Waals surface area contributed by atoms with Crippen LogP contribution in [0.5, 0.6) is 0 Å². The Morgan fingerprint density at radius 2 is 0.952 bits per heavy atom. The SMILES string of the molecule is O=C(C(Cl)Cl)N1CCCCCCN(C(=O)C(Cl)Cl)CCC1. The molecule has 0 spiro atoms. The molecule has 0 N–H and O–H groups in total. The number of nitrogens with zero attached hydrogens (tertiary/aromatic N) is 2. The van der Waals surface area contributed by atoms with Gasteiger partial charge in [-0.05, 0) is 19.3 Å². The molecule has 0 aromatic heterocycles. The van der Waals surface area contributed by atoms with Gasteiger partial charge in [0.1, 0.15) is 0 Å². The molecule has 2 amide bonds. The van der Waals surface area contributed by atoms with Crippen molar-refractivity contribution in [3.8, 4) is 0 Å². The van der Waals surface area contributed by atoms with E-state index in [2.05, 4.69) is 0 Å². The highest BCUT2D eigenvalue weighted by atomic mass is 35.5. The van der Waals surface area contributed by atoms with E-state index < -0.39 is 9.67 Å². The van der Waals surface area contributed by atoms with Gasteiger partial charge in [-0.3, -0.25) is 9.59 Å². The van der Waals surface area contributed by atoms with Crippen LogP contribution in [0.4, 0.5) is 0 Å². The van der Waals surface area contributed by atoms with E-state index in [1.807, 2.05) is 0 Å². The highest BCUT2D eigenvalue weighted by Crippen LogP contribution is 2.14. The number of carbonyl (C=O) groups is 2. The summed E-state index contributed by atoms with van der Waals surface area (Å²) in [7, 11) is 0. The molecule has 0 aromatic rings. The van der Waals surface area contributed by atoms with Gasteiger partial charge < -0.3 is 9.80 Å². The number of hydrogen-bond donors (Lipinski definition) is 0. The average Bonchev–Trinajstić information content (AvgIpc) is 2.49. The maximum atomic E-state index is 11.9. The Balaban J connectivity index is 2.64. The van der Waals surface area contributed by atoms with Gasteiger partial charge in [0.15, 0.2) is 9.67 Å². The Bertz CT molecular complexity index is 321. The van der Waals surface area contributed by atoms with Gasteiger partial charge in [0.2, 0.25) is 0 Å². The van der Waals surface area contributed by atoms with Gasteiger partial charge in [0, 0.05) is 26.2 Å². The topological polar surface area (TPSA) is 40.6 Å². The fourth-order valence-electron chi connectivity index (χ4n) is 2.35. The molecule has 0 aromatic carbocycles. The zero-order valence-electron chi connectivity index (χ0n) is 11.7. The Morgan fingerprint density at radius 3 is 1.29 bits per heavy atom. The van der Waals surface area contributed by atoms with Crippen LogP contribution in [0.1, 0.15) is 32.1 Å². The zero-order valence-corrected chi connectivity index (χ0v) is 14.8. The van der Waals surface area contributed by atoms with Crippen LogP contribution in [0, 0.1) is 0 Å². The number of halogens is 4. The predicted octanol–water partition coefficient (Wildman–Crippen LogP) is 3.22. The summed E-state index contributed by atoms with van der Waals surface area (Å²) in [5.74, 6) is -0.550. The minimum Gasteiger partial charge on any atom is -0.340 e. The summed E-state index contributed by atoms with van der Waals surface area (Å²) in [6.45, 7) is 2.34. The first-order chi connectivity index (χ1) is 9.93. The van der Waals surface area contributed by atoms with Gasteiger partial charge in [-0.25, -0.2) is 0 Å². The van der Waals surface area contributed by atoms with E-state index in [0.29, 0.717) is 32.6 Å². The lowest BCUT2D eigenvalue weighted by Crippen LogP contribution is -2.40. The standard InChI is InChI=1S/C13H20Cl4N2O2/c14-10(15)12(20)18-6-3-1-2-4-7-19(9-5-8-18)13(21)11(16)17/h10-11H,1-9H2. The summed E-state index contributed by atoms with van der Waals surface area (Å²) in [6, 6.07) is 0. The highest BCUT2D eigenvalue weighted by Gasteiger charge is 2.23. The van der Waals surface area contributed by atoms with Crippen LogP contribution in [-0.2, 0) is 9.59 Å². The molecule has 0 radical (unpaired) electrons. The molecule has 21 heavy (non-hydrogen) atoms. The Hall–Kier alpha value is 0.1000. The molecule has 1 aliphatic heterocycles. The Labute approximate surface area is 145 Å². The molecule has 1 saturated heterocycles. The van der Waals surface area contributed by atoms with E-state index in [-0.39, 0.29) is 11.8 Å². The van der Waals surface area contributed by atoms with Crippen LogP contribution in [-0.4, -0.2) is 57.5 Å². The summed E-state index contributed by atoms with van der Waals surface area (Å²) < 4.78 is 0. The van der Waals surface area contributed by atoms with Crippen molar-refractivity contribution in [3.05, 3.63) is 0 Å². The van der Waals surface area contributed by atoms with Crippen molar-refractivity contribution in [2.24, 2.45) is 0 Å². The zero-order chi connectivity index (χ0) is 15.8. The quantitative estimate of drug-likeness (QED) is 0.693. The minimum absolute atomic E-state index is 0.275. The first-order valence-electron chi connectivity index (χ1n) is 7.07. The van der Waals surface area contributed by atoms with Crippen molar-refractivity contribution in [1.29, 1.82) is 0 Å². The molecule has 1 aliphatic rings. The molecule has 0 aliphatic carbocycles. The van der Waals surface area contributed by atoms with Crippen molar-refractivity contribution in [2.45, 2.75) is 41.8 Å². The lowest BCUT2D eigenvalue weighted by molar-refractivity contribution is -0.130. The van der Waals surface area contributed by atoms with Gasteiger partial charge in [-0.15, -0.1) is 0 Å². The second-order valence-electron chi connectivity index (χ2n) is 5.02. The fraction of sp³-hybridized carbons (Fsp3) is 0.846. The maximum Gasteiger partial charge on any atom is 0.255 e. The largest absolute Gasteiger partial charge is 0.340 e. The Kier molecular flexibility index (Phi) is 9.10. The number of amides is 2. The lowest BCUT2D eigenvalue weighted by Gasteiger charge is -2.26. The van der Waals surface area contributed by atoms with E-state index in [0.717, 1.165) is 25.7 Å². The van der Waals surface area contributed by atoms with Crippen LogP contribution < -0.4 is 0 Å². The van der Waals surface area contributed by atoms with Crippen molar-refractivity contribution < 1.29 is 9.59 Å². The monoisotopic (exact) mass is 376 g/mol. The van der Waals surface area contributed by atoms with Crippen LogP contribution in [0.15, 0.2) is 0 Å². The molecule has 1 heterocycles. The number of hydrogen-bond acceptors (Lipinski definition) is 2. The van der Waals surface area contributed by atoms with Crippen molar-refractivity contribution in [1.82, 2.24) is 9.80 Å². The van der Waals surface area contributed by atoms with Gasteiger partial charge in [0.05, 0.1) is 0 Å². The third-order valence-electron chi connectivity index (χ3n) is 3.46. The van der Waals surface area contributed by atoms with Gasteiger partial charge in [-0.2, -0.15) is 0 Å². The summed E-state index contributed by atoms with van der Waals surface area (Å²) >= 11 is 22.6. The number of carbonyl (C=O) groups excluding carboxylic acids is 2. The molecule has 8 heteroatoms. The molecule has 0 saturated carbocycles. The van der Waals surface area contributed by atoms with E-state index in [1.54, 1.807) is 9.80 Å². The van der Waals surface area contributed by atoms with Crippen LogP contribution >= 0.6 is 46.4 Å². The molecule has 1 fully saturated rings. The molecule has 122 valence electrons. The highest BCUT2D eigenvalue weighted by molar-refractivity contribution is 6.53. The molecule has 0 unspecified atom stereocenters. The van der Waals surface area contributed by atoms with Crippen LogP contribution in [0.2, 0.25) is 0 Å². The predicted molar refractivity (Wildman–Crippen MR) is 87.2 cm³/mol. The van der Waals surface area contributed by atoms with Crippen molar-refractivity contribution in [3.63, 3.8) is 0 Å². The third-order valence-corrected chi connectivity index (χ3v) is 4.21. The van der Waals surface area contributed by atoms with E-state index >= 15 is 0 Å². The summed E-state index contributed by atoms with van der Waals surface area (Å²) in [5.41, 5.74) is 0. The van der Waals surface area contributed by atoms with Crippen LogP contribution in [0.3, 0.4) is 0 Å². The fourth-order valence-corrected chi connectivity index (χ4v) is 2.90. The van der Waals surface area contributed by atoms with E-state index in [9.17, 15) is 9.59 Å². The first kappa shape index (κ1) is 19.1. The second-order valence-corrected chi connectivity index (χ2v) is 7.21. The second kappa shape index (κ2) is 9.98. The molecule has 0 bridgehead atoms. The normalized spacial score (nSPS) is 18.8. The van der Waals surface area contributed by atoms with E-state index in [1.165, 1.54) is 0 Å². The summed E-state index contributed by atoms with van der Waals surface area (Å²) in [6.07, 6.45) is 4.46. The lowest BCUT2D eigenvalue weighted by atomic mass is 10.2. The summed E-state index contributed by atoms with van der Waals surface area (Å²) in [4.78, 5) is 25.1. The van der Waals surface area contributed by atoms with Gasteiger partial charge in [0.25, 0.3) is 11.8 Å². The average molecular weight is 378 g/mol. The summed E-state index contributed by atoms with van der Waals surface area (Å²) in [5, 5.41) is 0. The van der Waals surface area contributed by atoms with E-state index in [4.69, 9.17) is 46.4 Å². The first-order valence-corrected chi connectivity index (χ1v) is 8.82. The molecule has 1 rings (SSSR count). The third kappa shape index (κ3) is 6.81. The smallest absolute Gasteiger partial charge is 0.255 e. The van der Waals surface area contributed by atoms with Crippen molar-refractivity contribution >= 4 is 58.2 Å². The number of rotatable bonds is 2. The molecule has 0 atom stereocenters. The number of alkyl halides is 4. The molecular weight excluding hydrogens is 358 g/mol. The van der Waals surface area contributed by atoms with Crippen molar-refractivity contribution in [2.75, 3.05) is 26.2 Å². The van der Waals surface area contributed by atoms with Crippen LogP contribution in [0.25, 0.3) is 0 Å². The molecule has 4 nitrogen and oxygen atoms in total. The van der Waals surface area contributed by atoms with Gasteiger partial charge in [-0.1, -0.05) is 59.2 Å². The minimum atomic E-state index is -1.04. The Morgan fingerprint density at radius 1 is 0.619 bits per heavy atom. The van der Waals surface area contributed by atoms with Gasteiger partial charge >= 0.3 is 0 Å². The molecular formula is C13H20Cl4N2O2.